The quantitative estimate of drug-likeness (QED) is 0.586. The molecule has 2 aromatic rings. The van der Waals surface area contributed by atoms with Crippen molar-refractivity contribution in [2.45, 2.75) is 53.4 Å². The topological polar surface area (TPSA) is 41.4 Å². The van der Waals surface area contributed by atoms with Gasteiger partial charge in [-0.05, 0) is 51.6 Å². The van der Waals surface area contributed by atoms with Crippen molar-refractivity contribution in [1.29, 1.82) is 0 Å². The number of amides is 1. The molecular formula is C23H33F3N4O. The summed E-state index contributed by atoms with van der Waals surface area (Å²) in [6.45, 7) is 10.0. The van der Waals surface area contributed by atoms with E-state index in [1.807, 2.05) is 37.5 Å². The number of aryl methyl sites for hydroxylation is 1. The zero-order chi connectivity index (χ0) is 23.3. The van der Waals surface area contributed by atoms with Crippen molar-refractivity contribution in [2.24, 2.45) is 5.92 Å². The molecule has 0 aliphatic carbocycles. The van der Waals surface area contributed by atoms with Crippen molar-refractivity contribution in [2.75, 3.05) is 27.2 Å². The van der Waals surface area contributed by atoms with Crippen molar-refractivity contribution in [3.05, 3.63) is 52.3 Å². The van der Waals surface area contributed by atoms with Crippen LogP contribution in [-0.2, 0) is 30.5 Å². The fourth-order valence-electron chi connectivity index (χ4n) is 3.46. The van der Waals surface area contributed by atoms with Gasteiger partial charge in [-0.3, -0.25) is 9.48 Å². The first kappa shape index (κ1) is 24.9. The average molecular weight is 439 g/mol. The SMILES string of the molecule is Cc1nn(CC(C)C)c(C)c1CC(=O)N(CCN(C)C)Cc1cccc(C(F)(F)F)c1. The highest BCUT2D eigenvalue weighted by Crippen LogP contribution is 2.30. The Morgan fingerprint density at radius 3 is 2.42 bits per heavy atom. The van der Waals surface area contributed by atoms with Crippen molar-refractivity contribution in [3.63, 3.8) is 0 Å². The molecule has 31 heavy (non-hydrogen) atoms. The molecule has 0 unspecified atom stereocenters. The Balaban J connectivity index is 2.24. The minimum Gasteiger partial charge on any atom is -0.337 e. The van der Waals surface area contributed by atoms with Gasteiger partial charge in [-0.15, -0.1) is 0 Å². The number of nitrogens with zero attached hydrogens (tertiary/aromatic N) is 4. The van der Waals surface area contributed by atoms with Crippen LogP contribution in [0.25, 0.3) is 0 Å². The molecule has 8 heteroatoms. The molecule has 1 amide bonds. The van der Waals surface area contributed by atoms with Crippen LogP contribution in [0.15, 0.2) is 24.3 Å². The summed E-state index contributed by atoms with van der Waals surface area (Å²) in [5.41, 5.74) is 2.44. The molecular weight excluding hydrogens is 405 g/mol. The predicted molar refractivity (Wildman–Crippen MR) is 116 cm³/mol. The second-order valence-corrected chi connectivity index (χ2v) is 8.72. The lowest BCUT2D eigenvalue weighted by molar-refractivity contribution is -0.137. The fraction of sp³-hybridized carbons (Fsp3) is 0.565. The van der Waals surface area contributed by atoms with Crippen molar-refractivity contribution < 1.29 is 18.0 Å². The zero-order valence-corrected chi connectivity index (χ0v) is 19.3. The molecule has 0 fully saturated rings. The molecule has 0 aliphatic heterocycles. The fourth-order valence-corrected chi connectivity index (χ4v) is 3.46. The molecule has 1 aromatic carbocycles. The van der Waals surface area contributed by atoms with Gasteiger partial charge in [-0.2, -0.15) is 18.3 Å². The van der Waals surface area contributed by atoms with Crippen LogP contribution in [0, 0.1) is 19.8 Å². The number of benzene rings is 1. The van der Waals surface area contributed by atoms with Crippen LogP contribution in [0.1, 0.15) is 41.9 Å². The Hall–Kier alpha value is -2.35. The van der Waals surface area contributed by atoms with Gasteiger partial charge in [0.25, 0.3) is 0 Å². The Kier molecular flexibility index (Phi) is 8.28. The monoisotopic (exact) mass is 438 g/mol. The summed E-state index contributed by atoms with van der Waals surface area (Å²) in [4.78, 5) is 16.8. The lowest BCUT2D eigenvalue weighted by Crippen LogP contribution is -2.37. The molecule has 172 valence electrons. The van der Waals surface area contributed by atoms with E-state index < -0.39 is 11.7 Å². The van der Waals surface area contributed by atoms with Crippen LogP contribution in [-0.4, -0.2) is 52.7 Å². The van der Waals surface area contributed by atoms with Crippen LogP contribution in [0.4, 0.5) is 13.2 Å². The third-order valence-electron chi connectivity index (χ3n) is 5.20. The third-order valence-corrected chi connectivity index (χ3v) is 5.20. The molecule has 0 N–H and O–H groups in total. The number of rotatable bonds is 9. The van der Waals surface area contributed by atoms with Crippen LogP contribution >= 0.6 is 0 Å². The highest BCUT2D eigenvalue weighted by molar-refractivity contribution is 5.79. The lowest BCUT2D eigenvalue weighted by Gasteiger charge is -2.25. The van der Waals surface area contributed by atoms with E-state index in [9.17, 15) is 18.0 Å². The van der Waals surface area contributed by atoms with Crippen molar-refractivity contribution >= 4 is 5.91 Å². The van der Waals surface area contributed by atoms with Gasteiger partial charge < -0.3 is 9.80 Å². The second kappa shape index (κ2) is 10.3. The summed E-state index contributed by atoms with van der Waals surface area (Å²) in [6, 6.07) is 5.18. The predicted octanol–water partition coefficient (Wildman–Crippen LogP) is 4.31. The van der Waals surface area contributed by atoms with E-state index in [1.54, 1.807) is 11.0 Å². The molecule has 0 atom stereocenters. The first-order chi connectivity index (χ1) is 14.4. The molecule has 0 aliphatic rings. The molecule has 0 bridgehead atoms. The van der Waals surface area contributed by atoms with Crippen LogP contribution in [0.5, 0.6) is 0 Å². The highest BCUT2D eigenvalue weighted by Gasteiger charge is 2.30. The van der Waals surface area contributed by atoms with Gasteiger partial charge in [0.2, 0.25) is 5.91 Å². The summed E-state index contributed by atoms with van der Waals surface area (Å²) in [5, 5.41) is 4.57. The maximum atomic E-state index is 13.2. The molecule has 2 rings (SSSR count). The molecule has 1 heterocycles. The standard InChI is InChI=1S/C23H33F3N4O/c1-16(2)14-30-18(4)21(17(3)27-30)13-22(31)29(11-10-28(5)6)15-19-8-7-9-20(12-19)23(24,25)26/h7-9,12,16H,10-11,13-15H2,1-6H3. The average Bonchev–Trinajstić information content (AvgIpc) is 2.91. The summed E-state index contributed by atoms with van der Waals surface area (Å²) < 4.78 is 41.2. The Morgan fingerprint density at radius 2 is 1.84 bits per heavy atom. The van der Waals surface area contributed by atoms with Crippen molar-refractivity contribution in [1.82, 2.24) is 19.6 Å². The highest BCUT2D eigenvalue weighted by atomic mass is 19.4. The zero-order valence-electron chi connectivity index (χ0n) is 19.3. The number of carbonyl (C=O) groups is 1. The van der Waals surface area contributed by atoms with E-state index in [2.05, 4.69) is 18.9 Å². The summed E-state index contributed by atoms with van der Waals surface area (Å²) in [5.74, 6) is 0.314. The van der Waals surface area contributed by atoms with Crippen molar-refractivity contribution in [3.8, 4) is 0 Å². The van der Waals surface area contributed by atoms with Gasteiger partial charge in [0, 0.05) is 37.4 Å². The van der Waals surface area contributed by atoms with E-state index in [4.69, 9.17) is 0 Å². The minimum absolute atomic E-state index is 0.116. The molecule has 0 radical (unpaired) electrons. The number of hydrogen-bond acceptors (Lipinski definition) is 3. The van der Waals surface area contributed by atoms with Gasteiger partial charge in [0.05, 0.1) is 17.7 Å². The van der Waals surface area contributed by atoms with Gasteiger partial charge in [0.15, 0.2) is 0 Å². The number of alkyl halides is 3. The van der Waals surface area contributed by atoms with Crippen LogP contribution in [0.2, 0.25) is 0 Å². The maximum absolute atomic E-state index is 13.2. The molecule has 0 saturated heterocycles. The van der Waals surface area contributed by atoms with Gasteiger partial charge in [-0.25, -0.2) is 0 Å². The first-order valence-corrected chi connectivity index (χ1v) is 10.5. The minimum atomic E-state index is -4.41. The normalized spacial score (nSPS) is 12.1. The summed E-state index contributed by atoms with van der Waals surface area (Å²) in [7, 11) is 3.80. The summed E-state index contributed by atoms with van der Waals surface area (Å²) in [6.07, 6.45) is -4.23. The Morgan fingerprint density at radius 1 is 1.16 bits per heavy atom. The van der Waals surface area contributed by atoms with Gasteiger partial charge >= 0.3 is 6.18 Å². The largest absolute Gasteiger partial charge is 0.416 e. The summed E-state index contributed by atoms with van der Waals surface area (Å²) >= 11 is 0. The van der Waals surface area contributed by atoms with Gasteiger partial charge in [0.1, 0.15) is 0 Å². The number of halogens is 3. The number of likely N-dealkylation sites (N-methyl/N-ethyl adjacent to an activating group) is 1. The van der Waals surface area contributed by atoms with E-state index in [0.717, 1.165) is 35.6 Å². The Labute approximate surface area is 182 Å². The van der Waals surface area contributed by atoms with E-state index in [0.29, 0.717) is 24.6 Å². The van der Waals surface area contributed by atoms with Crippen LogP contribution in [0.3, 0.4) is 0 Å². The smallest absolute Gasteiger partial charge is 0.337 e. The van der Waals surface area contributed by atoms with E-state index in [1.165, 1.54) is 6.07 Å². The molecule has 0 spiro atoms. The number of aromatic nitrogens is 2. The van der Waals surface area contributed by atoms with Gasteiger partial charge in [-0.1, -0.05) is 26.0 Å². The second-order valence-electron chi connectivity index (χ2n) is 8.72. The Bertz CT molecular complexity index is 887. The van der Waals surface area contributed by atoms with Crippen LogP contribution < -0.4 is 0 Å². The maximum Gasteiger partial charge on any atom is 0.416 e. The first-order valence-electron chi connectivity index (χ1n) is 10.5. The third kappa shape index (κ3) is 7.09. The lowest BCUT2D eigenvalue weighted by atomic mass is 10.1. The number of hydrogen-bond donors (Lipinski definition) is 0. The number of carbonyl (C=O) groups excluding carboxylic acids is 1. The molecule has 5 nitrogen and oxygen atoms in total. The molecule has 1 aromatic heterocycles. The molecule has 0 saturated carbocycles. The van der Waals surface area contributed by atoms with E-state index >= 15 is 0 Å². The van der Waals surface area contributed by atoms with E-state index in [-0.39, 0.29) is 18.9 Å².